The molecule has 2 nitrogen and oxygen atoms in total. The Hall–Kier alpha value is -1.90. The van der Waals surface area contributed by atoms with Crippen LogP contribution in [0.2, 0.25) is 0 Å². The molecule has 20 heavy (non-hydrogen) atoms. The van der Waals surface area contributed by atoms with Crippen LogP contribution in [-0.2, 0) is 0 Å². The maximum atomic E-state index is 3.22. The molecule has 0 radical (unpaired) electrons. The average Bonchev–Trinajstić information content (AvgIpc) is 2.55. The van der Waals surface area contributed by atoms with Crippen LogP contribution < -0.4 is 10.6 Å². The lowest BCUT2D eigenvalue weighted by Crippen LogP contribution is -2.39. The molecule has 0 aromatic heterocycles. The monoisotopic (exact) mass is 264 g/mol. The second kappa shape index (κ2) is 6.51. The molecule has 1 fully saturated rings. The second-order valence-corrected chi connectivity index (χ2v) is 5.05. The van der Waals surface area contributed by atoms with Crippen LogP contribution in [0.15, 0.2) is 60.7 Å². The molecule has 0 spiro atoms. The van der Waals surface area contributed by atoms with Gasteiger partial charge in [0.1, 0.15) is 0 Å². The highest BCUT2D eigenvalue weighted by Crippen LogP contribution is 2.21. The first-order valence-electron chi connectivity index (χ1n) is 7.22. The number of fused-ring (bicyclic) bond motifs is 2. The Balaban J connectivity index is 0.000000170. The van der Waals surface area contributed by atoms with Gasteiger partial charge >= 0.3 is 0 Å². The van der Waals surface area contributed by atoms with E-state index in [1.807, 2.05) is 0 Å². The van der Waals surface area contributed by atoms with E-state index in [4.69, 9.17) is 0 Å². The van der Waals surface area contributed by atoms with E-state index in [1.54, 1.807) is 0 Å². The fourth-order valence-electron chi connectivity index (χ4n) is 2.49. The summed E-state index contributed by atoms with van der Waals surface area (Å²) in [6, 6.07) is 21.4. The molecule has 0 amide bonds. The van der Waals surface area contributed by atoms with Gasteiger partial charge in [0.2, 0.25) is 0 Å². The molecule has 1 aliphatic rings. The number of piperazine rings is 1. The summed E-state index contributed by atoms with van der Waals surface area (Å²) in [4.78, 5) is 0. The maximum Gasteiger partial charge on any atom is 0.00772 e. The number of nitrogens with one attached hydrogen (secondary N) is 2. The molecular formula is C18H20N2. The van der Waals surface area contributed by atoms with Crippen molar-refractivity contribution in [1.82, 2.24) is 10.6 Å². The minimum Gasteiger partial charge on any atom is -0.314 e. The molecule has 0 unspecified atom stereocenters. The first-order chi connectivity index (χ1) is 9.93. The van der Waals surface area contributed by atoms with E-state index in [1.165, 1.54) is 21.5 Å². The van der Waals surface area contributed by atoms with Crippen molar-refractivity contribution in [3.05, 3.63) is 60.7 Å². The highest BCUT2D eigenvalue weighted by Gasteiger charge is 1.95. The molecule has 1 saturated heterocycles. The highest BCUT2D eigenvalue weighted by molar-refractivity contribution is 5.98. The van der Waals surface area contributed by atoms with Gasteiger partial charge in [-0.2, -0.15) is 0 Å². The van der Waals surface area contributed by atoms with Gasteiger partial charge in [-0.3, -0.25) is 0 Å². The Morgan fingerprint density at radius 3 is 1.05 bits per heavy atom. The van der Waals surface area contributed by atoms with E-state index in [0.29, 0.717) is 0 Å². The summed E-state index contributed by atoms with van der Waals surface area (Å²) < 4.78 is 0. The quantitative estimate of drug-likeness (QED) is 0.609. The third-order valence-corrected chi connectivity index (χ3v) is 3.57. The summed E-state index contributed by atoms with van der Waals surface area (Å²) in [7, 11) is 0. The number of benzene rings is 3. The van der Waals surface area contributed by atoms with Crippen LogP contribution in [0.25, 0.3) is 21.5 Å². The van der Waals surface area contributed by atoms with E-state index in [0.717, 1.165) is 26.2 Å². The summed E-state index contributed by atoms with van der Waals surface area (Å²) in [5.74, 6) is 0. The van der Waals surface area contributed by atoms with E-state index in [2.05, 4.69) is 71.3 Å². The fourth-order valence-corrected chi connectivity index (χ4v) is 2.49. The van der Waals surface area contributed by atoms with Gasteiger partial charge in [0.15, 0.2) is 0 Å². The van der Waals surface area contributed by atoms with Crippen LogP contribution >= 0.6 is 0 Å². The van der Waals surface area contributed by atoms with Crippen molar-refractivity contribution in [2.45, 2.75) is 0 Å². The van der Waals surface area contributed by atoms with E-state index < -0.39 is 0 Å². The zero-order chi connectivity index (χ0) is 13.6. The van der Waals surface area contributed by atoms with Gasteiger partial charge in [-0.05, 0) is 33.7 Å². The van der Waals surface area contributed by atoms with Gasteiger partial charge in [-0.15, -0.1) is 0 Å². The van der Waals surface area contributed by atoms with Gasteiger partial charge in [-0.1, -0.05) is 48.5 Å². The molecule has 4 rings (SSSR count). The second-order valence-electron chi connectivity index (χ2n) is 5.05. The fraction of sp³-hybridized carbons (Fsp3) is 0.222. The van der Waals surface area contributed by atoms with Gasteiger partial charge < -0.3 is 10.6 Å². The third-order valence-electron chi connectivity index (χ3n) is 3.57. The SMILES string of the molecule is C1CNCCN1.c1ccc2cc3ccccc3cc2c1. The summed E-state index contributed by atoms with van der Waals surface area (Å²) in [5, 5.41) is 11.7. The van der Waals surface area contributed by atoms with Crippen LogP contribution in [0.3, 0.4) is 0 Å². The molecule has 0 atom stereocenters. The van der Waals surface area contributed by atoms with E-state index >= 15 is 0 Å². The Bertz CT molecular complexity index is 570. The Morgan fingerprint density at radius 1 is 0.500 bits per heavy atom. The lowest BCUT2D eigenvalue weighted by molar-refractivity contribution is 0.534. The van der Waals surface area contributed by atoms with Crippen molar-refractivity contribution in [2.24, 2.45) is 0 Å². The van der Waals surface area contributed by atoms with Crippen molar-refractivity contribution >= 4 is 21.5 Å². The lowest BCUT2D eigenvalue weighted by atomic mass is 10.0. The van der Waals surface area contributed by atoms with Crippen molar-refractivity contribution in [3.63, 3.8) is 0 Å². The molecule has 0 bridgehead atoms. The van der Waals surface area contributed by atoms with Gasteiger partial charge in [-0.25, -0.2) is 0 Å². The maximum absolute atomic E-state index is 3.22. The molecule has 2 heteroatoms. The minimum absolute atomic E-state index is 1.14. The summed E-state index contributed by atoms with van der Waals surface area (Å²) in [5.41, 5.74) is 0. The molecule has 1 heterocycles. The predicted octanol–water partition coefficient (Wildman–Crippen LogP) is 3.17. The van der Waals surface area contributed by atoms with Crippen LogP contribution in [0, 0.1) is 0 Å². The Kier molecular flexibility index (Phi) is 4.26. The molecule has 102 valence electrons. The van der Waals surface area contributed by atoms with Crippen molar-refractivity contribution in [3.8, 4) is 0 Å². The van der Waals surface area contributed by atoms with Gasteiger partial charge in [0.05, 0.1) is 0 Å². The average molecular weight is 264 g/mol. The standard InChI is InChI=1S/C14H10.C4H10N2/c1-2-6-12-10-14-8-4-3-7-13(14)9-11(12)5-1;1-2-6-4-3-5-1/h1-10H;5-6H,1-4H2. The highest BCUT2D eigenvalue weighted by atomic mass is 15.0. The largest absolute Gasteiger partial charge is 0.314 e. The van der Waals surface area contributed by atoms with E-state index in [-0.39, 0.29) is 0 Å². The summed E-state index contributed by atoms with van der Waals surface area (Å²) >= 11 is 0. The summed E-state index contributed by atoms with van der Waals surface area (Å²) in [6.07, 6.45) is 0. The molecule has 2 N–H and O–H groups in total. The van der Waals surface area contributed by atoms with E-state index in [9.17, 15) is 0 Å². The smallest absolute Gasteiger partial charge is 0.00772 e. The normalized spacial score (nSPS) is 14.8. The first kappa shape index (κ1) is 13.1. The van der Waals surface area contributed by atoms with Crippen LogP contribution in [-0.4, -0.2) is 26.2 Å². The van der Waals surface area contributed by atoms with Crippen LogP contribution in [0.4, 0.5) is 0 Å². The number of hydrogen-bond acceptors (Lipinski definition) is 2. The lowest BCUT2D eigenvalue weighted by Gasteiger charge is -2.11. The van der Waals surface area contributed by atoms with Crippen molar-refractivity contribution < 1.29 is 0 Å². The Morgan fingerprint density at radius 2 is 0.800 bits per heavy atom. The van der Waals surface area contributed by atoms with Crippen LogP contribution in [0.5, 0.6) is 0 Å². The Labute approximate surface area is 119 Å². The van der Waals surface area contributed by atoms with Gasteiger partial charge in [0.25, 0.3) is 0 Å². The number of rotatable bonds is 0. The molecule has 1 aliphatic heterocycles. The van der Waals surface area contributed by atoms with Crippen LogP contribution in [0.1, 0.15) is 0 Å². The van der Waals surface area contributed by atoms with Gasteiger partial charge in [0, 0.05) is 26.2 Å². The third kappa shape index (κ3) is 3.16. The van der Waals surface area contributed by atoms with Crippen molar-refractivity contribution in [2.75, 3.05) is 26.2 Å². The topological polar surface area (TPSA) is 24.1 Å². The molecule has 0 saturated carbocycles. The first-order valence-corrected chi connectivity index (χ1v) is 7.22. The minimum atomic E-state index is 1.14. The zero-order valence-electron chi connectivity index (χ0n) is 11.6. The molecule has 0 aliphatic carbocycles. The summed E-state index contributed by atoms with van der Waals surface area (Å²) in [6.45, 7) is 4.56. The number of hydrogen-bond donors (Lipinski definition) is 2. The van der Waals surface area contributed by atoms with Crippen molar-refractivity contribution in [1.29, 1.82) is 0 Å². The molecular weight excluding hydrogens is 244 g/mol. The molecule has 3 aromatic carbocycles. The predicted molar refractivity (Wildman–Crippen MR) is 87.2 cm³/mol. The zero-order valence-corrected chi connectivity index (χ0v) is 11.6. The molecule has 3 aromatic rings.